The summed E-state index contributed by atoms with van der Waals surface area (Å²) < 4.78 is 5.07. The molecular weight excluding hydrogens is 204 g/mol. The number of nitrogens with zero attached hydrogens (tertiary/aromatic N) is 1. The predicted molar refractivity (Wildman–Crippen MR) is 60.6 cm³/mol. The molecule has 0 spiro atoms. The average Bonchev–Trinajstić information content (AvgIpc) is 3.09. The Morgan fingerprint density at radius 1 is 1.62 bits per heavy atom. The molecule has 1 fully saturated rings. The van der Waals surface area contributed by atoms with E-state index in [0.29, 0.717) is 17.4 Å². The average molecular weight is 220 g/mol. The summed E-state index contributed by atoms with van der Waals surface area (Å²) in [5, 5.41) is 2.90. The first-order valence-electron chi connectivity index (χ1n) is 5.49. The van der Waals surface area contributed by atoms with Gasteiger partial charge in [-0.05, 0) is 37.3 Å². The molecule has 0 bridgehead atoms. The molecule has 1 aromatic heterocycles. The molecular formula is C12H16N2O2. The first-order valence-corrected chi connectivity index (χ1v) is 5.49. The van der Waals surface area contributed by atoms with Crippen LogP contribution in [0.15, 0.2) is 12.3 Å². The minimum absolute atomic E-state index is 0.0973. The van der Waals surface area contributed by atoms with Crippen LogP contribution in [0.1, 0.15) is 28.8 Å². The number of rotatable bonds is 4. The summed E-state index contributed by atoms with van der Waals surface area (Å²) in [6, 6.07) is 1.80. The van der Waals surface area contributed by atoms with E-state index in [1.165, 1.54) is 20.0 Å². The van der Waals surface area contributed by atoms with Crippen molar-refractivity contribution in [2.75, 3.05) is 13.7 Å². The van der Waals surface area contributed by atoms with Crippen molar-refractivity contribution in [2.45, 2.75) is 19.8 Å². The van der Waals surface area contributed by atoms with Gasteiger partial charge in [0.25, 0.3) is 5.91 Å². The first-order chi connectivity index (χ1) is 7.70. The summed E-state index contributed by atoms with van der Waals surface area (Å²) in [6.07, 6.45) is 4.14. The van der Waals surface area contributed by atoms with Crippen molar-refractivity contribution < 1.29 is 9.53 Å². The first kappa shape index (κ1) is 10.9. The van der Waals surface area contributed by atoms with Gasteiger partial charge in [0.2, 0.25) is 5.88 Å². The Labute approximate surface area is 95.0 Å². The van der Waals surface area contributed by atoms with Gasteiger partial charge in [-0.1, -0.05) is 0 Å². The van der Waals surface area contributed by atoms with Crippen LogP contribution in [0.3, 0.4) is 0 Å². The molecule has 4 heteroatoms. The number of amides is 1. The van der Waals surface area contributed by atoms with Crippen molar-refractivity contribution in [2.24, 2.45) is 5.92 Å². The second-order valence-corrected chi connectivity index (χ2v) is 4.22. The molecule has 0 atom stereocenters. The minimum atomic E-state index is -0.0973. The third-order valence-corrected chi connectivity index (χ3v) is 2.67. The number of hydrogen-bond donors (Lipinski definition) is 1. The third-order valence-electron chi connectivity index (χ3n) is 2.67. The Bertz CT molecular complexity index is 400. The fourth-order valence-corrected chi connectivity index (χ4v) is 1.54. The summed E-state index contributed by atoms with van der Waals surface area (Å²) in [7, 11) is 1.52. The summed E-state index contributed by atoms with van der Waals surface area (Å²) in [6.45, 7) is 2.67. The fraction of sp³-hybridized carbons (Fsp3) is 0.500. The molecule has 16 heavy (non-hydrogen) atoms. The highest BCUT2D eigenvalue weighted by Crippen LogP contribution is 2.27. The monoisotopic (exact) mass is 220 g/mol. The molecule has 1 N–H and O–H groups in total. The summed E-state index contributed by atoms with van der Waals surface area (Å²) in [4.78, 5) is 16.0. The molecule has 0 saturated heterocycles. The number of methoxy groups -OCH3 is 1. The van der Waals surface area contributed by atoms with E-state index in [2.05, 4.69) is 10.3 Å². The Hall–Kier alpha value is -1.58. The standard InChI is InChI=1S/C12H16N2O2/c1-8-5-10(12(16-2)14-6-8)11(15)13-7-9-3-4-9/h5-6,9H,3-4,7H2,1-2H3,(H,13,15). The van der Waals surface area contributed by atoms with Crippen LogP contribution in [-0.4, -0.2) is 24.5 Å². The lowest BCUT2D eigenvalue weighted by atomic mass is 10.2. The number of pyridine rings is 1. The summed E-state index contributed by atoms with van der Waals surface area (Å²) in [5.41, 5.74) is 1.47. The van der Waals surface area contributed by atoms with Gasteiger partial charge in [-0.2, -0.15) is 0 Å². The molecule has 0 aromatic carbocycles. The highest BCUT2D eigenvalue weighted by atomic mass is 16.5. The zero-order valence-corrected chi connectivity index (χ0v) is 9.62. The van der Waals surface area contributed by atoms with E-state index in [0.717, 1.165) is 12.1 Å². The Kier molecular flexibility index (Phi) is 3.08. The van der Waals surface area contributed by atoms with Crippen LogP contribution in [0, 0.1) is 12.8 Å². The quantitative estimate of drug-likeness (QED) is 0.837. The summed E-state index contributed by atoms with van der Waals surface area (Å²) in [5.74, 6) is 0.964. The highest BCUT2D eigenvalue weighted by molar-refractivity contribution is 5.96. The Balaban J connectivity index is 2.09. The van der Waals surface area contributed by atoms with Crippen LogP contribution < -0.4 is 10.1 Å². The van der Waals surface area contributed by atoms with Crippen molar-refractivity contribution in [3.63, 3.8) is 0 Å². The van der Waals surface area contributed by atoms with E-state index in [4.69, 9.17) is 4.74 Å². The van der Waals surface area contributed by atoms with E-state index >= 15 is 0 Å². The molecule has 0 aliphatic heterocycles. The van der Waals surface area contributed by atoms with Crippen molar-refractivity contribution in [3.8, 4) is 5.88 Å². The van der Waals surface area contributed by atoms with Crippen LogP contribution in [0.4, 0.5) is 0 Å². The smallest absolute Gasteiger partial charge is 0.256 e. The van der Waals surface area contributed by atoms with Crippen LogP contribution in [0.5, 0.6) is 5.88 Å². The van der Waals surface area contributed by atoms with Crippen molar-refractivity contribution >= 4 is 5.91 Å². The van der Waals surface area contributed by atoms with E-state index in [1.807, 2.05) is 6.92 Å². The van der Waals surface area contributed by atoms with Gasteiger partial charge in [0.05, 0.1) is 7.11 Å². The van der Waals surface area contributed by atoms with E-state index in [1.54, 1.807) is 12.3 Å². The predicted octanol–water partition coefficient (Wildman–Crippen LogP) is 1.54. The molecule has 1 saturated carbocycles. The molecule has 1 aliphatic rings. The van der Waals surface area contributed by atoms with E-state index < -0.39 is 0 Å². The minimum Gasteiger partial charge on any atom is -0.480 e. The normalized spacial score (nSPS) is 14.6. The summed E-state index contributed by atoms with van der Waals surface area (Å²) >= 11 is 0. The van der Waals surface area contributed by atoms with Gasteiger partial charge in [-0.3, -0.25) is 4.79 Å². The maximum absolute atomic E-state index is 11.9. The van der Waals surface area contributed by atoms with Gasteiger partial charge in [-0.15, -0.1) is 0 Å². The lowest BCUT2D eigenvalue weighted by Gasteiger charge is -2.08. The molecule has 0 unspecified atom stereocenters. The van der Waals surface area contributed by atoms with Crippen molar-refractivity contribution in [3.05, 3.63) is 23.4 Å². The van der Waals surface area contributed by atoms with Gasteiger partial charge >= 0.3 is 0 Å². The zero-order chi connectivity index (χ0) is 11.5. The molecule has 4 nitrogen and oxygen atoms in total. The molecule has 0 radical (unpaired) electrons. The van der Waals surface area contributed by atoms with Gasteiger partial charge in [0.15, 0.2) is 0 Å². The largest absolute Gasteiger partial charge is 0.480 e. The molecule has 2 rings (SSSR count). The maximum Gasteiger partial charge on any atom is 0.256 e. The van der Waals surface area contributed by atoms with Gasteiger partial charge in [0.1, 0.15) is 5.56 Å². The fourth-order valence-electron chi connectivity index (χ4n) is 1.54. The van der Waals surface area contributed by atoms with Crippen molar-refractivity contribution in [1.82, 2.24) is 10.3 Å². The third kappa shape index (κ3) is 2.51. The van der Waals surface area contributed by atoms with Crippen LogP contribution in [-0.2, 0) is 0 Å². The number of carbonyl (C=O) groups excluding carboxylic acids is 1. The number of aryl methyl sites for hydroxylation is 1. The molecule has 86 valence electrons. The second kappa shape index (κ2) is 4.51. The Morgan fingerprint density at radius 3 is 3.00 bits per heavy atom. The molecule has 1 aliphatic carbocycles. The molecule has 1 heterocycles. The Morgan fingerprint density at radius 2 is 2.38 bits per heavy atom. The number of aromatic nitrogens is 1. The zero-order valence-electron chi connectivity index (χ0n) is 9.62. The molecule has 1 aromatic rings. The van der Waals surface area contributed by atoms with Crippen LogP contribution >= 0.6 is 0 Å². The lowest BCUT2D eigenvalue weighted by Crippen LogP contribution is -2.26. The van der Waals surface area contributed by atoms with Crippen LogP contribution in [0.25, 0.3) is 0 Å². The van der Waals surface area contributed by atoms with E-state index in [9.17, 15) is 4.79 Å². The van der Waals surface area contributed by atoms with Gasteiger partial charge in [0, 0.05) is 12.7 Å². The lowest BCUT2D eigenvalue weighted by molar-refractivity contribution is 0.0948. The number of nitrogens with one attached hydrogen (secondary N) is 1. The molecule has 1 amide bonds. The number of ether oxygens (including phenoxy) is 1. The van der Waals surface area contributed by atoms with Crippen molar-refractivity contribution in [1.29, 1.82) is 0 Å². The topological polar surface area (TPSA) is 51.2 Å². The van der Waals surface area contributed by atoms with Gasteiger partial charge < -0.3 is 10.1 Å². The number of carbonyl (C=O) groups is 1. The maximum atomic E-state index is 11.9. The van der Waals surface area contributed by atoms with Gasteiger partial charge in [-0.25, -0.2) is 4.98 Å². The second-order valence-electron chi connectivity index (χ2n) is 4.22. The SMILES string of the molecule is COc1ncc(C)cc1C(=O)NCC1CC1. The number of hydrogen-bond acceptors (Lipinski definition) is 3. The van der Waals surface area contributed by atoms with E-state index in [-0.39, 0.29) is 5.91 Å². The highest BCUT2D eigenvalue weighted by Gasteiger charge is 2.22. The van der Waals surface area contributed by atoms with Crippen LogP contribution in [0.2, 0.25) is 0 Å².